The van der Waals surface area contributed by atoms with E-state index in [1.807, 2.05) is 0 Å². The smallest absolute Gasteiger partial charge is 0.0433 e. The van der Waals surface area contributed by atoms with E-state index in [1.165, 1.54) is 32.1 Å². The molecule has 0 aromatic carbocycles. The van der Waals surface area contributed by atoms with Gasteiger partial charge in [-0.2, -0.15) is 0 Å². The molecule has 2 rings (SSSR count). The summed E-state index contributed by atoms with van der Waals surface area (Å²) in [5.41, 5.74) is 0.748. The summed E-state index contributed by atoms with van der Waals surface area (Å²) in [6.07, 6.45) is 8.18. The standard InChI is InChI=1S/C11H20O/c1-9-7-11(9)5-2-3-10(8-11)4-6-12/h9-10,12H,2-8H2,1H3. The first kappa shape index (κ1) is 8.55. The van der Waals surface area contributed by atoms with Crippen molar-refractivity contribution in [3.8, 4) is 0 Å². The Morgan fingerprint density at radius 2 is 2.17 bits per heavy atom. The van der Waals surface area contributed by atoms with Gasteiger partial charge in [-0.15, -0.1) is 0 Å². The van der Waals surface area contributed by atoms with Crippen LogP contribution in [-0.4, -0.2) is 11.7 Å². The summed E-state index contributed by atoms with van der Waals surface area (Å²) in [6.45, 7) is 2.79. The van der Waals surface area contributed by atoms with Gasteiger partial charge in [-0.1, -0.05) is 19.8 Å². The Hall–Kier alpha value is -0.0400. The third-order valence-electron chi connectivity index (χ3n) is 4.12. The van der Waals surface area contributed by atoms with E-state index in [9.17, 15) is 0 Å². The zero-order chi connectivity index (χ0) is 8.60. The highest BCUT2D eigenvalue weighted by Gasteiger charge is 2.52. The highest BCUT2D eigenvalue weighted by Crippen LogP contribution is 2.62. The third-order valence-corrected chi connectivity index (χ3v) is 4.12. The number of rotatable bonds is 2. The molecular formula is C11H20O. The van der Waals surface area contributed by atoms with Gasteiger partial charge in [0.15, 0.2) is 0 Å². The zero-order valence-corrected chi connectivity index (χ0v) is 8.05. The highest BCUT2D eigenvalue weighted by atomic mass is 16.3. The summed E-state index contributed by atoms with van der Waals surface area (Å²) in [5, 5.41) is 8.88. The van der Waals surface area contributed by atoms with Crippen molar-refractivity contribution >= 4 is 0 Å². The van der Waals surface area contributed by atoms with Crippen LogP contribution in [0.25, 0.3) is 0 Å². The summed E-state index contributed by atoms with van der Waals surface area (Å²) in [4.78, 5) is 0. The van der Waals surface area contributed by atoms with Crippen LogP contribution in [0.15, 0.2) is 0 Å². The van der Waals surface area contributed by atoms with Gasteiger partial charge in [0.25, 0.3) is 0 Å². The Labute approximate surface area is 75.2 Å². The Kier molecular flexibility index (Phi) is 2.16. The topological polar surface area (TPSA) is 20.2 Å². The number of aliphatic hydroxyl groups excluding tert-OH is 1. The molecule has 70 valence electrons. The highest BCUT2D eigenvalue weighted by molar-refractivity contribution is 5.02. The largest absolute Gasteiger partial charge is 0.396 e. The van der Waals surface area contributed by atoms with Gasteiger partial charge in [0, 0.05) is 6.61 Å². The maximum Gasteiger partial charge on any atom is 0.0433 e. The summed E-state index contributed by atoms with van der Waals surface area (Å²) >= 11 is 0. The van der Waals surface area contributed by atoms with Gasteiger partial charge in [-0.3, -0.25) is 0 Å². The lowest BCUT2D eigenvalue weighted by Crippen LogP contribution is -2.18. The quantitative estimate of drug-likeness (QED) is 0.672. The van der Waals surface area contributed by atoms with Crippen molar-refractivity contribution in [3.05, 3.63) is 0 Å². The predicted molar refractivity (Wildman–Crippen MR) is 49.9 cm³/mol. The zero-order valence-electron chi connectivity index (χ0n) is 8.05. The number of hydrogen-bond donors (Lipinski definition) is 1. The molecule has 0 aliphatic heterocycles. The molecule has 0 aromatic heterocycles. The first-order valence-electron chi connectivity index (χ1n) is 5.38. The lowest BCUT2D eigenvalue weighted by molar-refractivity contribution is 0.182. The van der Waals surface area contributed by atoms with Crippen molar-refractivity contribution in [3.63, 3.8) is 0 Å². The first-order chi connectivity index (χ1) is 5.77. The maximum absolute atomic E-state index is 8.88. The summed E-state index contributed by atoms with van der Waals surface area (Å²) in [6, 6.07) is 0. The Morgan fingerprint density at radius 1 is 1.42 bits per heavy atom. The fraction of sp³-hybridized carbons (Fsp3) is 1.00. The average Bonchev–Trinajstić information content (AvgIpc) is 2.61. The first-order valence-corrected chi connectivity index (χ1v) is 5.38. The molecule has 1 N–H and O–H groups in total. The molecule has 2 fully saturated rings. The van der Waals surface area contributed by atoms with E-state index in [-0.39, 0.29) is 0 Å². The van der Waals surface area contributed by atoms with E-state index >= 15 is 0 Å². The minimum atomic E-state index is 0.398. The van der Waals surface area contributed by atoms with E-state index < -0.39 is 0 Å². The van der Waals surface area contributed by atoms with Crippen LogP contribution >= 0.6 is 0 Å². The lowest BCUT2D eigenvalue weighted by Gasteiger charge is -2.29. The van der Waals surface area contributed by atoms with Gasteiger partial charge in [0.1, 0.15) is 0 Å². The molecule has 3 atom stereocenters. The van der Waals surface area contributed by atoms with E-state index in [0.717, 1.165) is 23.7 Å². The van der Waals surface area contributed by atoms with Gasteiger partial charge in [-0.25, -0.2) is 0 Å². The second kappa shape index (κ2) is 3.02. The van der Waals surface area contributed by atoms with Gasteiger partial charge in [0.05, 0.1) is 0 Å². The van der Waals surface area contributed by atoms with Crippen LogP contribution in [0.2, 0.25) is 0 Å². The van der Waals surface area contributed by atoms with Crippen LogP contribution in [0, 0.1) is 17.3 Å². The van der Waals surface area contributed by atoms with Crippen molar-refractivity contribution in [1.82, 2.24) is 0 Å². The van der Waals surface area contributed by atoms with Gasteiger partial charge in [-0.05, 0) is 42.9 Å². The average molecular weight is 168 g/mol. The van der Waals surface area contributed by atoms with Gasteiger partial charge >= 0.3 is 0 Å². The molecule has 2 saturated carbocycles. The molecular weight excluding hydrogens is 148 g/mol. The molecule has 0 heterocycles. The van der Waals surface area contributed by atoms with Gasteiger partial charge in [0.2, 0.25) is 0 Å². The number of hydrogen-bond acceptors (Lipinski definition) is 1. The van der Waals surface area contributed by atoms with Crippen molar-refractivity contribution < 1.29 is 5.11 Å². The Balaban J connectivity index is 1.87. The molecule has 1 nitrogen and oxygen atoms in total. The third kappa shape index (κ3) is 1.39. The van der Waals surface area contributed by atoms with Gasteiger partial charge < -0.3 is 5.11 Å². The molecule has 1 spiro atoms. The maximum atomic E-state index is 8.88. The Morgan fingerprint density at radius 3 is 2.75 bits per heavy atom. The van der Waals surface area contributed by atoms with E-state index in [0.29, 0.717) is 6.61 Å². The molecule has 0 aromatic rings. The van der Waals surface area contributed by atoms with E-state index in [1.54, 1.807) is 0 Å². The molecule has 1 heteroatoms. The molecule has 12 heavy (non-hydrogen) atoms. The van der Waals surface area contributed by atoms with Crippen LogP contribution < -0.4 is 0 Å². The number of aliphatic hydroxyl groups is 1. The summed E-state index contributed by atoms with van der Waals surface area (Å²) in [7, 11) is 0. The lowest BCUT2D eigenvalue weighted by atomic mass is 9.76. The molecule has 2 aliphatic rings. The SMILES string of the molecule is CC1CC12CCCC(CCO)C2. The Bertz CT molecular complexity index is 164. The predicted octanol–water partition coefficient (Wildman–Crippen LogP) is 2.59. The summed E-state index contributed by atoms with van der Waals surface area (Å²) < 4.78 is 0. The van der Waals surface area contributed by atoms with Crippen LogP contribution in [0.1, 0.15) is 45.4 Å². The van der Waals surface area contributed by atoms with Crippen LogP contribution in [0.4, 0.5) is 0 Å². The van der Waals surface area contributed by atoms with Crippen LogP contribution in [-0.2, 0) is 0 Å². The second-order valence-electron chi connectivity index (χ2n) is 4.94. The normalized spacial score (nSPS) is 46.5. The fourth-order valence-electron chi connectivity index (χ4n) is 3.13. The van der Waals surface area contributed by atoms with Crippen molar-refractivity contribution in [2.24, 2.45) is 17.3 Å². The van der Waals surface area contributed by atoms with Crippen molar-refractivity contribution in [2.75, 3.05) is 6.61 Å². The van der Waals surface area contributed by atoms with E-state index in [2.05, 4.69) is 6.92 Å². The van der Waals surface area contributed by atoms with E-state index in [4.69, 9.17) is 5.11 Å². The van der Waals surface area contributed by atoms with Crippen LogP contribution in [0.5, 0.6) is 0 Å². The fourth-order valence-corrected chi connectivity index (χ4v) is 3.13. The molecule has 3 unspecified atom stereocenters. The molecule has 0 radical (unpaired) electrons. The minimum Gasteiger partial charge on any atom is -0.396 e. The molecule has 0 bridgehead atoms. The monoisotopic (exact) mass is 168 g/mol. The van der Waals surface area contributed by atoms with Crippen LogP contribution in [0.3, 0.4) is 0 Å². The molecule has 0 amide bonds. The second-order valence-corrected chi connectivity index (χ2v) is 4.94. The van der Waals surface area contributed by atoms with Crippen molar-refractivity contribution in [1.29, 1.82) is 0 Å². The molecule has 2 aliphatic carbocycles. The van der Waals surface area contributed by atoms with Crippen molar-refractivity contribution in [2.45, 2.75) is 45.4 Å². The summed E-state index contributed by atoms with van der Waals surface area (Å²) in [5.74, 6) is 1.83. The molecule has 0 saturated heterocycles. The minimum absolute atomic E-state index is 0.398.